The molecule has 0 N–H and O–H groups in total. The lowest BCUT2D eigenvalue weighted by Gasteiger charge is -2.24. The summed E-state index contributed by atoms with van der Waals surface area (Å²) >= 11 is 0. The number of rotatable bonds is 2. The fourth-order valence-electron chi connectivity index (χ4n) is 3.16. The predicted octanol–water partition coefficient (Wildman–Crippen LogP) is 1.93. The number of fused-ring (bicyclic) bond motifs is 2. The van der Waals surface area contributed by atoms with Gasteiger partial charge in [-0.25, -0.2) is 13.4 Å². The number of aromatic nitrogens is 2. The van der Waals surface area contributed by atoms with Crippen LogP contribution in [0.15, 0.2) is 59.8 Å². The van der Waals surface area contributed by atoms with Crippen LogP contribution in [0.4, 0.5) is 0 Å². The number of benzene rings is 1. The first kappa shape index (κ1) is 14.9. The highest BCUT2D eigenvalue weighted by Gasteiger charge is 2.38. The van der Waals surface area contributed by atoms with Gasteiger partial charge in [-0.2, -0.15) is 0 Å². The predicted molar refractivity (Wildman–Crippen MR) is 88.5 cm³/mol. The highest BCUT2D eigenvalue weighted by molar-refractivity contribution is 7.91. The van der Waals surface area contributed by atoms with Crippen molar-refractivity contribution in [3.05, 3.63) is 66.1 Å². The number of imidazole rings is 1. The monoisotopic (exact) mass is 341 g/mol. The fraction of sp³-hybridized carbons (Fsp3) is 0.176. The van der Waals surface area contributed by atoms with E-state index in [1.54, 1.807) is 41.9 Å². The fourth-order valence-corrected chi connectivity index (χ4v) is 5.01. The van der Waals surface area contributed by atoms with Crippen molar-refractivity contribution in [2.45, 2.75) is 10.9 Å². The van der Waals surface area contributed by atoms with Gasteiger partial charge in [-0.15, -0.1) is 0 Å². The molecule has 1 aliphatic rings. The third-order valence-electron chi connectivity index (χ3n) is 4.41. The first-order valence-electron chi connectivity index (χ1n) is 7.50. The molecule has 3 aromatic rings. The number of carbonyl (C=O) groups excluding carboxylic acids is 1. The number of pyridine rings is 1. The van der Waals surface area contributed by atoms with Gasteiger partial charge < -0.3 is 4.90 Å². The molecule has 0 saturated heterocycles. The zero-order valence-corrected chi connectivity index (χ0v) is 13.8. The molecule has 1 atom stereocenters. The van der Waals surface area contributed by atoms with Gasteiger partial charge in [0.25, 0.3) is 5.91 Å². The van der Waals surface area contributed by atoms with Crippen molar-refractivity contribution in [1.29, 1.82) is 0 Å². The first-order valence-corrected chi connectivity index (χ1v) is 9.15. The second kappa shape index (κ2) is 5.17. The molecule has 24 heavy (non-hydrogen) atoms. The van der Waals surface area contributed by atoms with E-state index in [0.717, 1.165) is 0 Å². The van der Waals surface area contributed by atoms with E-state index < -0.39 is 15.9 Å². The smallest absolute Gasteiger partial charge is 0.272 e. The second-order valence-corrected chi connectivity index (χ2v) is 7.83. The van der Waals surface area contributed by atoms with Crippen LogP contribution in [0.1, 0.15) is 22.1 Å². The van der Waals surface area contributed by atoms with Gasteiger partial charge in [-0.1, -0.05) is 24.3 Å². The molecule has 2 aromatic heterocycles. The number of hydrogen-bond donors (Lipinski definition) is 0. The largest absolute Gasteiger partial charge is 0.332 e. The van der Waals surface area contributed by atoms with Crippen molar-refractivity contribution in [1.82, 2.24) is 14.3 Å². The molecular formula is C17H15N3O3S. The third-order valence-corrected chi connectivity index (χ3v) is 6.21. The zero-order chi connectivity index (χ0) is 16.9. The van der Waals surface area contributed by atoms with Gasteiger partial charge >= 0.3 is 0 Å². The lowest BCUT2D eigenvalue weighted by Crippen LogP contribution is -2.33. The Morgan fingerprint density at radius 1 is 1.21 bits per heavy atom. The maximum Gasteiger partial charge on any atom is 0.272 e. The van der Waals surface area contributed by atoms with E-state index in [1.165, 1.54) is 11.1 Å². The van der Waals surface area contributed by atoms with E-state index >= 15 is 0 Å². The van der Waals surface area contributed by atoms with Gasteiger partial charge in [0, 0.05) is 13.2 Å². The SMILES string of the molecule is CN(C(=O)c1cnc2ccccn12)C1CS(=O)(=O)c2ccccc21. The summed E-state index contributed by atoms with van der Waals surface area (Å²) in [6.45, 7) is 0. The highest BCUT2D eigenvalue weighted by atomic mass is 32.2. The first-order chi connectivity index (χ1) is 11.5. The summed E-state index contributed by atoms with van der Waals surface area (Å²) in [4.78, 5) is 18.9. The summed E-state index contributed by atoms with van der Waals surface area (Å²) < 4.78 is 26.4. The molecule has 0 spiro atoms. The molecule has 1 unspecified atom stereocenters. The minimum Gasteiger partial charge on any atom is -0.332 e. The average molecular weight is 341 g/mol. The average Bonchev–Trinajstić information content (AvgIpc) is 3.13. The van der Waals surface area contributed by atoms with E-state index in [0.29, 0.717) is 21.8 Å². The Kier molecular flexibility index (Phi) is 3.21. The summed E-state index contributed by atoms with van der Waals surface area (Å²) in [6, 6.07) is 11.8. The Balaban J connectivity index is 1.75. The van der Waals surface area contributed by atoms with Crippen LogP contribution in [-0.4, -0.2) is 41.4 Å². The van der Waals surface area contributed by atoms with E-state index in [-0.39, 0.29) is 11.7 Å². The molecule has 6 nitrogen and oxygen atoms in total. The molecule has 1 aromatic carbocycles. The van der Waals surface area contributed by atoms with Crippen molar-refractivity contribution in [2.75, 3.05) is 12.8 Å². The number of nitrogens with zero attached hydrogens (tertiary/aromatic N) is 3. The lowest BCUT2D eigenvalue weighted by molar-refractivity contribution is 0.0739. The van der Waals surface area contributed by atoms with Crippen molar-refractivity contribution in [3.8, 4) is 0 Å². The van der Waals surface area contributed by atoms with Crippen LogP contribution >= 0.6 is 0 Å². The Hall–Kier alpha value is -2.67. The molecule has 1 aliphatic heterocycles. The van der Waals surface area contributed by atoms with Crippen LogP contribution < -0.4 is 0 Å². The topological polar surface area (TPSA) is 71.8 Å². The number of carbonyl (C=O) groups is 1. The molecule has 0 saturated carbocycles. The minimum absolute atomic E-state index is 0.0919. The van der Waals surface area contributed by atoms with Gasteiger partial charge in [0.05, 0.1) is 22.9 Å². The second-order valence-electron chi connectivity index (χ2n) is 5.82. The summed E-state index contributed by atoms with van der Waals surface area (Å²) in [5, 5.41) is 0. The summed E-state index contributed by atoms with van der Waals surface area (Å²) in [7, 11) is -1.73. The molecule has 0 fully saturated rings. The number of amides is 1. The molecule has 3 heterocycles. The molecule has 122 valence electrons. The van der Waals surface area contributed by atoms with Crippen LogP contribution in [0.2, 0.25) is 0 Å². The normalized spacial score (nSPS) is 18.5. The standard InChI is InChI=1S/C17H15N3O3S/c1-19(14-11-24(22,23)15-7-3-2-6-12(14)15)17(21)13-10-18-16-8-4-5-9-20(13)16/h2-10,14H,11H2,1H3. The van der Waals surface area contributed by atoms with Crippen LogP contribution in [0.5, 0.6) is 0 Å². The van der Waals surface area contributed by atoms with Crippen LogP contribution in [0.3, 0.4) is 0 Å². The summed E-state index contributed by atoms with van der Waals surface area (Å²) in [5.41, 5.74) is 1.76. The molecular weight excluding hydrogens is 326 g/mol. The van der Waals surface area contributed by atoms with Gasteiger partial charge in [0.15, 0.2) is 9.84 Å². The maximum atomic E-state index is 12.9. The van der Waals surface area contributed by atoms with Gasteiger partial charge in [0.1, 0.15) is 11.3 Å². The molecule has 0 aliphatic carbocycles. The highest BCUT2D eigenvalue weighted by Crippen LogP contribution is 2.36. The van der Waals surface area contributed by atoms with E-state index in [1.807, 2.05) is 18.2 Å². The van der Waals surface area contributed by atoms with E-state index in [4.69, 9.17) is 0 Å². The van der Waals surface area contributed by atoms with Crippen LogP contribution in [0, 0.1) is 0 Å². The van der Waals surface area contributed by atoms with Gasteiger partial charge in [-0.05, 0) is 23.8 Å². The lowest BCUT2D eigenvalue weighted by atomic mass is 10.1. The quantitative estimate of drug-likeness (QED) is 0.714. The Bertz CT molecular complexity index is 1060. The van der Waals surface area contributed by atoms with Gasteiger partial charge in [-0.3, -0.25) is 9.20 Å². The zero-order valence-electron chi connectivity index (χ0n) is 13.0. The van der Waals surface area contributed by atoms with Crippen molar-refractivity contribution in [3.63, 3.8) is 0 Å². The maximum absolute atomic E-state index is 12.9. The third kappa shape index (κ3) is 2.12. The molecule has 7 heteroatoms. The van der Waals surface area contributed by atoms with E-state index in [2.05, 4.69) is 4.98 Å². The number of hydrogen-bond acceptors (Lipinski definition) is 4. The summed E-state index contributed by atoms with van der Waals surface area (Å²) in [6.07, 6.45) is 3.28. The van der Waals surface area contributed by atoms with E-state index in [9.17, 15) is 13.2 Å². The summed E-state index contributed by atoms with van der Waals surface area (Å²) in [5.74, 6) is -0.351. The Labute approximate surface area is 139 Å². The molecule has 1 amide bonds. The molecule has 0 radical (unpaired) electrons. The van der Waals surface area contributed by atoms with Gasteiger partial charge in [0.2, 0.25) is 0 Å². The Morgan fingerprint density at radius 3 is 2.79 bits per heavy atom. The molecule has 0 bridgehead atoms. The molecule has 4 rings (SSSR count). The Morgan fingerprint density at radius 2 is 1.96 bits per heavy atom. The minimum atomic E-state index is -3.36. The van der Waals surface area contributed by atoms with Crippen molar-refractivity contribution in [2.24, 2.45) is 0 Å². The van der Waals surface area contributed by atoms with Crippen molar-refractivity contribution >= 4 is 21.4 Å². The number of sulfone groups is 1. The van der Waals surface area contributed by atoms with Crippen LogP contribution in [0.25, 0.3) is 5.65 Å². The van der Waals surface area contributed by atoms with Crippen LogP contribution in [-0.2, 0) is 9.84 Å². The van der Waals surface area contributed by atoms with Crippen molar-refractivity contribution < 1.29 is 13.2 Å².